The zero-order valence-electron chi connectivity index (χ0n) is 34.3. The van der Waals surface area contributed by atoms with Crippen molar-refractivity contribution in [2.75, 3.05) is 112 Å². The van der Waals surface area contributed by atoms with Gasteiger partial charge >= 0.3 is 0 Å². The van der Waals surface area contributed by atoms with Gasteiger partial charge in [0.1, 0.15) is 6.04 Å². The van der Waals surface area contributed by atoms with Gasteiger partial charge in [0.05, 0.1) is 112 Å². The largest absolute Gasteiger partial charge is 0.379 e. The summed E-state index contributed by atoms with van der Waals surface area (Å²) in [7, 11) is 0. The van der Waals surface area contributed by atoms with Crippen molar-refractivity contribution in [1.82, 2.24) is 16.0 Å². The van der Waals surface area contributed by atoms with Gasteiger partial charge in [0.2, 0.25) is 17.7 Å². The summed E-state index contributed by atoms with van der Waals surface area (Å²) in [4.78, 5) is 49.3. The lowest BCUT2D eigenvalue weighted by molar-refractivity contribution is -0.134. The van der Waals surface area contributed by atoms with E-state index in [2.05, 4.69) is 36.7 Å². The third-order valence-electron chi connectivity index (χ3n) is 7.51. The lowest BCUT2D eigenvalue weighted by Crippen LogP contribution is -2.54. The average Bonchev–Trinajstić information content (AvgIpc) is 3.07. The third-order valence-corrected chi connectivity index (χ3v) is 7.51. The monoisotopic (exact) mass is 764 g/mol. The minimum Gasteiger partial charge on any atom is -0.379 e. The summed E-state index contributed by atoms with van der Waals surface area (Å²) in [5.41, 5.74) is -0.421. The van der Waals surface area contributed by atoms with E-state index < -0.39 is 17.5 Å². The number of amides is 3. The van der Waals surface area contributed by atoms with Crippen molar-refractivity contribution < 1.29 is 57.1 Å². The molecule has 0 aliphatic rings. The number of hydrogen-bond donors (Lipinski definition) is 3. The number of carbonyl (C=O) groups excluding carboxylic acids is 4. The highest BCUT2D eigenvalue weighted by Crippen LogP contribution is 2.20. The molecule has 0 unspecified atom stereocenters. The summed E-state index contributed by atoms with van der Waals surface area (Å²) in [5.74, 6) is -0.850. The Balaban J connectivity index is 3.50. The first-order valence-electron chi connectivity index (χ1n) is 19.1. The van der Waals surface area contributed by atoms with E-state index in [4.69, 9.17) is 37.9 Å². The van der Waals surface area contributed by atoms with Gasteiger partial charge in [0.25, 0.3) is 0 Å². The van der Waals surface area contributed by atoms with E-state index in [-0.39, 0.29) is 47.9 Å². The number of ketones is 1. The molecule has 0 aromatic heterocycles. The quantitative estimate of drug-likeness (QED) is 0.0819. The molecular weight excluding hydrogens is 690 g/mol. The topological polar surface area (TPSA) is 178 Å². The molecule has 3 amide bonds. The molecule has 15 heteroatoms. The zero-order valence-corrected chi connectivity index (χ0v) is 34.3. The van der Waals surface area contributed by atoms with Crippen LogP contribution in [0.15, 0.2) is 0 Å². The molecule has 0 spiro atoms. The summed E-state index contributed by atoms with van der Waals surface area (Å²) in [6.07, 6.45) is 1.49. The Bertz CT molecular complexity index is 969. The van der Waals surface area contributed by atoms with E-state index in [1.165, 1.54) is 0 Å². The normalized spacial score (nSPS) is 13.2. The number of carbonyl (C=O) groups is 4. The maximum Gasteiger partial charge on any atom is 0.243 e. The highest BCUT2D eigenvalue weighted by atomic mass is 16.6. The molecule has 0 fully saturated rings. The predicted molar refractivity (Wildman–Crippen MR) is 202 cm³/mol. The molecule has 0 aromatic rings. The van der Waals surface area contributed by atoms with Crippen LogP contribution < -0.4 is 16.0 Å². The highest BCUT2D eigenvalue weighted by molar-refractivity contribution is 5.94. The van der Waals surface area contributed by atoms with Crippen molar-refractivity contribution in [3.8, 4) is 0 Å². The Morgan fingerprint density at radius 1 is 0.491 bits per heavy atom. The van der Waals surface area contributed by atoms with Crippen LogP contribution in [0.5, 0.6) is 0 Å². The van der Waals surface area contributed by atoms with Gasteiger partial charge in [-0.25, -0.2) is 0 Å². The zero-order chi connectivity index (χ0) is 40.0. The van der Waals surface area contributed by atoms with Crippen molar-refractivity contribution in [3.05, 3.63) is 0 Å². The van der Waals surface area contributed by atoms with Gasteiger partial charge in [-0.2, -0.15) is 0 Å². The Morgan fingerprint density at radius 2 is 0.868 bits per heavy atom. The number of ether oxygens (including phenoxy) is 8. The van der Waals surface area contributed by atoms with Crippen LogP contribution in [0.4, 0.5) is 0 Å². The summed E-state index contributed by atoms with van der Waals surface area (Å²) >= 11 is 0. The molecule has 0 rings (SSSR count). The van der Waals surface area contributed by atoms with E-state index in [1.54, 1.807) is 27.7 Å². The van der Waals surface area contributed by atoms with Crippen LogP contribution in [0.25, 0.3) is 0 Å². The van der Waals surface area contributed by atoms with Crippen molar-refractivity contribution in [2.45, 2.75) is 93.7 Å². The van der Waals surface area contributed by atoms with E-state index in [9.17, 15) is 19.2 Å². The fourth-order valence-electron chi connectivity index (χ4n) is 4.44. The van der Waals surface area contributed by atoms with Gasteiger partial charge in [-0.1, -0.05) is 55.4 Å². The molecule has 0 aromatic carbocycles. The van der Waals surface area contributed by atoms with Gasteiger partial charge in [-0.15, -0.1) is 0 Å². The van der Waals surface area contributed by atoms with Gasteiger partial charge in [0, 0.05) is 24.8 Å². The van der Waals surface area contributed by atoms with Gasteiger partial charge in [-0.05, 0) is 24.7 Å². The third kappa shape index (κ3) is 31.8. The fourth-order valence-corrected chi connectivity index (χ4v) is 4.44. The summed E-state index contributed by atoms with van der Waals surface area (Å²) in [6.45, 7) is 24.4. The van der Waals surface area contributed by atoms with Gasteiger partial charge in [-0.3, -0.25) is 19.2 Å². The fraction of sp³-hybridized carbons (Fsp3) is 0.895. The number of rotatable bonds is 34. The van der Waals surface area contributed by atoms with Crippen LogP contribution in [0.3, 0.4) is 0 Å². The summed E-state index contributed by atoms with van der Waals surface area (Å²) in [6, 6.07) is -1.40. The first-order valence-corrected chi connectivity index (χ1v) is 19.1. The van der Waals surface area contributed by atoms with Crippen LogP contribution in [-0.2, 0) is 57.1 Å². The maximum absolute atomic E-state index is 12.7. The lowest BCUT2D eigenvalue weighted by atomic mass is 9.87. The van der Waals surface area contributed by atoms with E-state index in [0.717, 1.165) is 6.42 Å². The highest BCUT2D eigenvalue weighted by Gasteiger charge is 2.31. The average molecular weight is 764 g/mol. The molecule has 0 saturated heterocycles. The van der Waals surface area contributed by atoms with Crippen LogP contribution >= 0.6 is 0 Å². The van der Waals surface area contributed by atoms with Gasteiger partial charge in [0.15, 0.2) is 5.78 Å². The lowest BCUT2D eigenvalue weighted by Gasteiger charge is -2.26. The van der Waals surface area contributed by atoms with Crippen LogP contribution in [0.2, 0.25) is 0 Å². The Kier molecular flexibility index (Phi) is 29.7. The smallest absolute Gasteiger partial charge is 0.243 e. The molecule has 0 aliphatic heterocycles. The van der Waals surface area contributed by atoms with E-state index in [1.807, 2.05) is 13.8 Å². The van der Waals surface area contributed by atoms with E-state index >= 15 is 0 Å². The maximum atomic E-state index is 12.7. The van der Waals surface area contributed by atoms with Crippen LogP contribution in [0, 0.1) is 16.7 Å². The minimum atomic E-state index is -0.747. The summed E-state index contributed by atoms with van der Waals surface area (Å²) in [5, 5.41) is 8.34. The van der Waals surface area contributed by atoms with Crippen molar-refractivity contribution >= 4 is 23.5 Å². The van der Waals surface area contributed by atoms with Crippen molar-refractivity contribution in [3.63, 3.8) is 0 Å². The second-order valence-corrected chi connectivity index (χ2v) is 15.2. The molecule has 53 heavy (non-hydrogen) atoms. The number of Topliss-reactive ketones (excluding diaryl/α,β-unsaturated/α-hetero) is 1. The standard InChI is InChI=1S/C38H73N3O12/c1-30(2)34(36(45)40-31(3)35(44)38(7,8)9)41-33(43)11-14-46-16-18-48-20-22-50-24-26-52-28-29-53-27-25-51-23-21-49-19-17-47-15-13-39-32(42)10-12-37(4,5)6/h30-31,34H,10-29H2,1-9H3,(H,39,42)(H,40,45)(H,41,43)/t31-,34-/m0/s1. The molecule has 3 N–H and O–H groups in total. The Morgan fingerprint density at radius 3 is 1.23 bits per heavy atom. The molecule has 2 atom stereocenters. The second-order valence-electron chi connectivity index (χ2n) is 15.2. The van der Waals surface area contributed by atoms with Gasteiger partial charge < -0.3 is 53.8 Å². The molecule has 15 nitrogen and oxygen atoms in total. The predicted octanol–water partition coefficient (Wildman–Crippen LogP) is 2.71. The van der Waals surface area contributed by atoms with E-state index in [0.29, 0.717) is 112 Å². The first kappa shape index (κ1) is 50.8. The molecule has 0 aliphatic carbocycles. The molecular formula is C38H73N3O12. The van der Waals surface area contributed by atoms with Crippen LogP contribution in [-0.4, -0.2) is 148 Å². The Hall–Kier alpha value is -2.24. The minimum absolute atomic E-state index is 0.0576. The molecule has 0 saturated carbocycles. The SMILES string of the molecule is CC(C)[C@H](NC(=O)CCOCCOCCOCCOCCOCCOCCOCCOCCNC(=O)CCC(C)(C)C)C(=O)N[C@@H](C)C(=O)C(C)(C)C. The molecule has 0 radical (unpaired) electrons. The number of hydrogen-bond acceptors (Lipinski definition) is 12. The first-order chi connectivity index (χ1) is 25.0. The van der Waals surface area contributed by atoms with Crippen molar-refractivity contribution in [1.29, 1.82) is 0 Å². The summed E-state index contributed by atoms with van der Waals surface area (Å²) < 4.78 is 43.8. The Labute approximate surface area is 318 Å². The number of nitrogens with one attached hydrogen (secondary N) is 3. The second kappa shape index (κ2) is 31.0. The van der Waals surface area contributed by atoms with Crippen molar-refractivity contribution in [2.24, 2.45) is 16.7 Å². The molecule has 312 valence electrons. The molecule has 0 bridgehead atoms. The van der Waals surface area contributed by atoms with Crippen LogP contribution in [0.1, 0.15) is 81.6 Å². The molecule has 0 heterocycles.